The normalized spacial score (nSPS) is 20.7. The predicted octanol–water partition coefficient (Wildman–Crippen LogP) is 6.09. The van der Waals surface area contributed by atoms with Crippen molar-refractivity contribution in [1.29, 1.82) is 0 Å². The molecule has 154 valence electrons. The Labute approximate surface area is 169 Å². The van der Waals surface area contributed by atoms with Crippen LogP contribution in [0.25, 0.3) is 0 Å². The average Bonchev–Trinajstić information content (AvgIpc) is 2.64. The summed E-state index contributed by atoms with van der Waals surface area (Å²) >= 11 is 0. The van der Waals surface area contributed by atoms with Gasteiger partial charge in [-0.05, 0) is 84.9 Å². The number of carbonyl (C=O) groups excluding carboxylic acids is 1. The molecule has 2 nitrogen and oxygen atoms in total. The van der Waals surface area contributed by atoms with Crippen molar-refractivity contribution < 1.29 is 18.0 Å². The van der Waals surface area contributed by atoms with Crippen molar-refractivity contribution in [3.8, 4) is 0 Å². The van der Waals surface area contributed by atoms with Crippen LogP contribution < -0.4 is 5.32 Å². The molecule has 2 aliphatic rings. The highest BCUT2D eigenvalue weighted by atomic mass is 19.3. The molecule has 29 heavy (non-hydrogen) atoms. The van der Waals surface area contributed by atoms with Crippen molar-refractivity contribution in [2.45, 2.75) is 64.2 Å². The molecule has 2 aromatic carbocycles. The first kappa shape index (κ1) is 20.0. The molecule has 4 rings (SSSR count). The summed E-state index contributed by atoms with van der Waals surface area (Å²) in [4.78, 5) is 12.4. The maximum Gasteiger partial charge on any atom is 0.248 e. The number of nitrogens with one attached hydrogen (secondary N) is 1. The number of carbonyl (C=O) groups is 1. The van der Waals surface area contributed by atoms with Crippen molar-refractivity contribution in [3.63, 3.8) is 0 Å². The third-order valence-electron chi connectivity index (χ3n) is 6.47. The first-order valence-electron chi connectivity index (χ1n) is 10.3. The molecule has 0 aromatic heterocycles. The Kier molecular flexibility index (Phi) is 5.18. The van der Waals surface area contributed by atoms with Crippen LogP contribution in [0.1, 0.15) is 59.4 Å². The van der Waals surface area contributed by atoms with Gasteiger partial charge in [-0.25, -0.2) is 13.2 Å². The molecule has 0 saturated heterocycles. The van der Waals surface area contributed by atoms with Crippen LogP contribution in [-0.2, 0) is 17.6 Å². The van der Waals surface area contributed by atoms with Gasteiger partial charge >= 0.3 is 0 Å². The van der Waals surface area contributed by atoms with Crippen molar-refractivity contribution in [2.24, 2.45) is 5.92 Å². The van der Waals surface area contributed by atoms with E-state index >= 15 is 0 Å². The van der Waals surface area contributed by atoms with Crippen LogP contribution in [0.4, 0.5) is 18.9 Å². The summed E-state index contributed by atoms with van der Waals surface area (Å²) in [5.41, 5.74) is 6.54. The summed E-state index contributed by atoms with van der Waals surface area (Å²) in [6, 6.07) is 8.85. The second kappa shape index (κ2) is 7.51. The zero-order valence-corrected chi connectivity index (χ0v) is 16.8. The maximum atomic E-state index is 13.3. The van der Waals surface area contributed by atoms with Gasteiger partial charge in [0.2, 0.25) is 11.8 Å². The Hall–Kier alpha value is -2.30. The van der Waals surface area contributed by atoms with E-state index in [0.29, 0.717) is 5.92 Å². The van der Waals surface area contributed by atoms with E-state index in [0.717, 1.165) is 41.6 Å². The van der Waals surface area contributed by atoms with Crippen molar-refractivity contribution >= 4 is 11.6 Å². The lowest BCUT2D eigenvalue weighted by Gasteiger charge is -2.34. The van der Waals surface area contributed by atoms with Gasteiger partial charge in [-0.3, -0.25) is 4.79 Å². The molecule has 1 fully saturated rings. The number of amides is 1. The fourth-order valence-electron chi connectivity index (χ4n) is 4.89. The number of benzene rings is 2. The zero-order chi connectivity index (χ0) is 20.8. The Morgan fingerprint density at radius 2 is 1.86 bits per heavy atom. The largest absolute Gasteiger partial charge is 0.326 e. The molecule has 5 heteroatoms. The Morgan fingerprint density at radius 1 is 1.17 bits per heavy atom. The molecule has 0 heterocycles. The van der Waals surface area contributed by atoms with Gasteiger partial charge in [0.05, 0.1) is 0 Å². The van der Waals surface area contributed by atoms with E-state index in [9.17, 15) is 18.0 Å². The van der Waals surface area contributed by atoms with Gasteiger partial charge in [-0.1, -0.05) is 18.2 Å². The van der Waals surface area contributed by atoms with Crippen molar-refractivity contribution in [1.82, 2.24) is 0 Å². The number of rotatable bonds is 4. The minimum absolute atomic E-state index is 0.143. The molecule has 2 aliphatic carbocycles. The number of hydrogen-bond donors (Lipinski definition) is 1. The lowest BCUT2D eigenvalue weighted by Crippen LogP contribution is -2.37. The van der Waals surface area contributed by atoms with Crippen LogP contribution in [0.5, 0.6) is 0 Å². The van der Waals surface area contributed by atoms with E-state index in [4.69, 9.17) is 0 Å². The Balaban J connectivity index is 1.51. The number of fused-ring (bicyclic) bond motifs is 1. The molecule has 1 amide bonds. The molecule has 0 radical (unpaired) electrons. The molecular weight excluding hydrogens is 375 g/mol. The van der Waals surface area contributed by atoms with E-state index in [-0.39, 0.29) is 36.9 Å². The lowest BCUT2D eigenvalue weighted by atomic mass is 9.77. The van der Waals surface area contributed by atoms with Gasteiger partial charge in [-0.2, -0.15) is 0 Å². The van der Waals surface area contributed by atoms with Crippen LogP contribution >= 0.6 is 0 Å². The van der Waals surface area contributed by atoms with Gasteiger partial charge in [0, 0.05) is 24.9 Å². The molecule has 0 aliphatic heterocycles. The molecule has 1 atom stereocenters. The summed E-state index contributed by atoms with van der Waals surface area (Å²) in [6.07, 6.45) is 2.57. The number of hydrogen-bond acceptors (Lipinski definition) is 1. The second-order valence-corrected chi connectivity index (χ2v) is 8.70. The van der Waals surface area contributed by atoms with Gasteiger partial charge in [0.15, 0.2) is 0 Å². The van der Waals surface area contributed by atoms with Gasteiger partial charge < -0.3 is 5.32 Å². The predicted molar refractivity (Wildman–Crippen MR) is 108 cm³/mol. The summed E-state index contributed by atoms with van der Waals surface area (Å²) in [7, 11) is 0. The molecular formula is C24H26F3NO. The van der Waals surface area contributed by atoms with Crippen LogP contribution in [0.3, 0.4) is 0 Å². The van der Waals surface area contributed by atoms with Crippen LogP contribution in [0.2, 0.25) is 0 Å². The first-order valence-corrected chi connectivity index (χ1v) is 10.3. The zero-order valence-electron chi connectivity index (χ0n) is 16.8. The molecule has 0 bridgehead atoms. The highest BCUT2D eigenvalue weighted by Crippen LogP contribution is 2.44. The van der Waals surface area contributed by atoms with E-state index in [1.165, 1.54) is 23.3 Å². The third-order valence-corrected chi connectivity index (χ3v) is 6.47. The standard InChI is InChI=1S/C24H26F3NO/c1-14-9-19-4-3-18(17-5-7-20(25)8-6-17)11-21(19)15(2)23(14)28-22(29)10-16-12-24(26,27)13-16/h5-9,16,18H,3-4,10-13H2,1-2H3,(H,28,29). The van der Waals surface area contributed by atoms with Crippen LogP contribution in [-0.4, -0.2) is 11.8 Å². The molecule has 1 saturated carbocycles. The topological polar surface area (TPSA) is 29.1 Å². The Bertz CT molecular complexity index is 928. The molecule has 1 unspecified atom stereocenters. The minimum Gasteiger partial charge on any atom is -0.326 e. The van der Waals surface area contributed by atoms with Crippen LogP contribution in [0, 0.1) is 25.6 Å². The number of anilines is 1. The second-order valence-electron chi connectivity index (χ2n) is 8.70. The van der Waals surface area contributed by atoms with Crippen molar-refractivity contribution in [3.05, 3.63) is 64.0 Å². The SMILES string of the molecule is Cc1cc2c(c(C)c1NC(=O)CC1CC(F)(F)C1)CC(c1ccc(F)cc1)CC2. The summed E-state index contributed by atoms with van der Waals surface area (Å²) in [5, 5.41) is 2.98. The maximum absolute atomic E-state index is 13.3. The number of halogens is 3. The molecule has 1 N–H and O–H groups in total. The fraction of sp³-hybridized carbons (Fsp3) is 0.458. The monoisotopic (exact) mass is 401 g/mol. The van der Waals surface area contributed by atoms with E-state index in [1.54, 1.807) is 0 Å². The average molecular weight is 401 g/mol. The highest BCUT2D eigenvalue weighted by Gasteiger charge is 2.45. The first-order chi connectivity index (χ1) is 13.7. The smallest absolute Gasteiger partial charge is 0.248 e. The minimum atomic E-state index is -2.60. The molecule has 2 aromatic rings. The summed E-state index contributed by atoms with van der Waals surface area (Å²) < 4.78 is 39.3. The highest BCUT2D eigenvalue weighted by molar-refractivity contribution is 5.93. The molecule has 0 spiro atoms. The number of aryl methyl sites for hydroxylation is 2. The van der Waals surface area contributed by atoms with Crippen LogP contribution in [0.15, 0.2) is 30.3 Å². The van der Waals surface area contributed by atoms with E-state index < -0.39 is 5.92 Å². The quantitative estimate of drug-likeness (QED) is 0.660. The van der Waals surface area contributed by atoms with E-state index in [2.05, 4.69) is 11.4 Å². The van der Waals surface area contributed by atoms with Gasteiger partial charge in [0.1, 0.15) is 5.82 Å². The van der Waals surface area contributed by atoms with E-state index in [1.807, 2.05) is 26.0 Å². The number of alkyl halides is 2. The van der Waals surface area contributed by atoms with Crippen molar-refractivity contribution in [2.75, 3.05) is 5.32 Å². The third kappa shape index (κ3) is 4.19. The Morgan fingerprint density at radius 3 is 2.52 bits per heavy atom. The summed E-state index contributed by atoms with van der Waals surface area (Å²) in [6.45, 7) is 4.00. The lowest BCUT2D eigenvalue weighted by molar-refractivity contribution is -0.129. The van der Waals surface area contributed by atoms with Gasteiger partial charge in [-0.15, -0.1) is 0 Å². The van der Waals surface area contributed by atoms with Gasteiger partial charge in [0.25, 0.3) is 0 Å². The fourth-order valence-corrected chi connectivity index (χ4v) is 4.89. The summed E-state index contributed by atoms with van der Waals surface area (Å²) in [5.74, 6) is -2.93.